The molecule has 7 nitrogen and oxygen atoms in total. The van der Waals surface area contributed by atoms with Crippen LogP contribution in [0, 0.1) is 5.92 Å². The number of imide groups is 1. The van der Waals surface area contributed by atoms with Gasteiger partial charge in [0.25, 0.3) is 5.91 Å². The molecule has 0 aliphatic carbocycles. The zero-order valence-corrected chi connectivity index (χ0v) is 18.8. The fourth-order valence-electron chi connectivity index (χ4n) is 4.35. The summed E-state index contributed by atoms with van der Waals surface area (Å²) in [5.41, 5.74) is 1.35. The number of methoxy groups -OCH3 is 1. The molecule has 2 aliphatic rings. The molecule has 0 bridgehead atoms. The van der Waals surface area contributed by atoms with Gasteiger partial charge in [-0.05, 0) is 36.4 Å². The summed E-state index contributed by atoms with van der Waals surface area (Å²) in [6.45, 7) is 0. The number of hydrogen-bond donors (Lipinski definition) is 1. The van der Waals surface area contributed by atoms with E-state index in [4.69, 9.17) is 32.8 Å². The molecule has 0 aromatic heterocycles. The van der Waals surface area contributed by atoms with Crippen molar-refractivity contribution >= 4 is 46.4 Å². The second-order valence-corrected chi connectivity index (χ2v) is 8.48. The number of hydroxylamine groups is 1. The molecule has 0 spiro atoms. The topological polar surface area (TPSA) is 79.3 Å². The first-order valence-electron chi connectivity index (χ1n) is 10.1. The van der Waals surface area contributed by atoms with Crippen LogP contribution in [0.5, 0.6) is 11.5 Å². The lowest BCUT2D eigenvalue weighted by Gasteiger charge is -2.29. The SMILES string of the molecule is COc1cccc(C2C3C(=O)N(c4ccc(Cl)c(Cl)c4)C(=O)C3ON2c2ccccc2)c1O. The number of para-hydroxylation sites is 2. The van der Waals surface area contributed by atoms with Crippen LogP contribution in [0.15, 0.2) is 66.7 Å². The van der Waals surface area contributed by atoms with Crippen molar-refractivity contribution in [3.05, 3.63) is 82.3 Å². The van der Waals surface area contributed by atoms with Crippen LogP contribution in [0.1, 0.15) is 11.6 Å². The highest BCUT2D eigenvalue weighted by atomic mass is 35.5. The molecule has 3 atom stereocenters. The molecule has 2 amide bonds. The van der Waals surface area contributed by atoms with Crippen LogP contribution in [-0.2, 0) is 14.4 Å². The Hall–Kier alpha value is -3.26. The molecule has 9 heteroatoms. The lowest BCUT2D eigenvalue weighted by Crippen LogP contribution is -2.37. The van der Waals surface area contributed by atoms with Crippen LogP contribution in [0.25, 0.3) is 0 Å². The van der Waals surface area contributed by atoms with Crippen LogP contribution >= 0.6 is 23.2 Å². The molecule has 33 heavy (non-hydrogen) atoms. The highest BCUT2D eigenvalue weighted by Crippen LogP contribution is 2.50. The third-order valence-corrected chi connectivity index (χ3v) is 6.60. The lowest BCUT2D eigenvalue weighted by atomic mass is 9.90. The lowest BCUT2D eigenvalue weighted by molar-refractivity contribution is -0.126. The van der Waals surface area contributed by atoms with E-state index in [1.165, 1.54) is 24.3 Å². The summed E-state index contributed by atoms with van der Waals surface area (Å²) < 4.78 is 5.26. The van der Waals surface area contributed by atoms with Gasteiger partial charge in [-0.25, -0.2) is 9.96 Å². The summed E-state index contributed by atoms with van der Waals surface area (Å²) in [6.07, 6.45) is -1.08. The first-order valence-corrected chi connectivity index (χ1v) is 10.9. The molecule has 168 valence electrons. The van der Waals surface area contributed by atoms with Crippen molar-refractivity contribution in [3.63, 3.8) is 0 Å². The molecule has 2 aliphatic heterocycles. The Balaban J connectivity index is 1.62. The Morgan fingerprint density at radius 2 is 1.67 bits per heavy atom. The molecule has 0 saturated carbocycles. The van der Waals surface area contributed by atoms with Gasteiger partial charge in [0.15, 0.2) is 17.6 Å². The van der Waals surface area contributed by atoms with Crippen LogP contribution in [0.2, 0.25) is 10.0 Å². The fourth-order valence-corrected chi connectivity index (χ4v) is 4.64. The molecule has 1 N–H and O–H groups in total. The average molecular weight is 485 g/mol. The van der Waals surface area contributed by atoms with Gasteiger partial charge in [0, 0.05) is 5.56 Å². The van der Waals surface area contributed by atoms with Gasteiger partial charge in [0.2, 0.25) is 5.91 Å². The average Bonchev–Trinajstić information content (AvgIpc) is 3.32. The van der Waals surface area contributed by atoms with Crippen LogP contribution in [-0.4, -0.2) is 30.1 Å². The Kier molecular flexibility index (Phi) is 5.40. The number of phenolic OH excluding ortho intramolecular Hbond substituents is 1. The monoisotopic (exact) mass is 484 g/mol. The quantitative estimate of drug-likeness (QED) is 0.537. The number of rotatable bonds is 4. The van der Waals surface area contributed by atoms with E-state index < -0.39 is 29.9 Å². The van der Waals surface area contributed by atoms with Gasteiger partial charge in [0.05, 0.1) is 28.5 Å². The van der Waals surface area contributed by atoms with E-state index in [9.17, 15) is 14.7 Å². The molecule has 2 saturated heterocycles. The maximum atomic E-state index is 13.6. The predicted octanol–water partition coefficient (Wildman–Crippen LogP) is 4.76. The second-order valence-electron chi connectivity index (χ2n) is 7.67. The van der Waals surface area contributed by atoms with E-state index >= 15 is 0 Å². The minimum Gasteiger partial charge on any atom is -0.504 e. The van der Waals surface area contributed by atoms with Crippen LogP contribution in [0.3, 0.4) is 0 Å². The van der Waals surface area contributed by atoms with Crippen molar-refractivity contribution in [2.75, 3.05) is 17.1 Å². The van der Waals surface area contributed by atoms with Crippen molar-refractivity contribution in [2.24, 2.45) is 5.92 Å². The Bertz CT molecular complexity index is 1250. The van der Waals surface area contributed by atoms with Gasteiger partial charge in [-0.3, -0.25) is 14.4 Å². The number of ether oxygens (including phenoxy) is 1. The van der Waals surface area contributed by atoms with Gasteiger partial charge < -0.3 is 9.84 Å². The molecule has 2 fully saturated rings. The molecule has 3 aromatic rings. The summed E-state index contributed by atoms with van der Waals surface area (Å²) in [4.78, 5) is 34.1. The summed E-state index contributed by atoms with van der Waals surface area (Å²) in [6, 6.07) is 17.9. The minimum absolute atomic E-state index is 0.122. The third-order valence-electron chi connectivity index (χ3n) is 5.86. The number of carbonyl (C=O) groups excluding carboxylic acids is 2. The number of aromatic hydroxyl groups is 1. The van der Waals surface area contributed by atoms with Crippen LogP contribution < -0.4 is 14.7 Å². The molecule has 5 rings (SSSR count). The van der Waals surface area contributed by atoms with Crippen LogP contribution in [0.4, 0.5) is 11.4 Å². The van der Waals surface area contributed by atoms with E-state index in [1.54, 1.807) is 36.4 Å². The number of amides is 2. The first-order chi connectivity index (χ1) is 15.9. The second kappa shape index (κ2) is 8.26. The Morgan fingerprint density at radius 1 is 0.909 bits per heavy atom. The van der Waals surface area contributed by atoms with Gasteiger partial charge in [0.1, 0.15) is 12.0 Å². The molecule has 2 heterocycles. The van der Waals surface area contributed by atoms with E-state index in [0.29, 0.717) is 22.0 Å². The number of fused-ring (bicyclic) bond motifs is 1. The van der Waals surface area contributed by atoms with Crippen molar-refractivity contribution in [1.29, 1.82) is 0 Å². The number of halogens is 2. The van der Waals surface area contributed by atoms with Gasteiger partial charge in [-0.15, -0.1) is 0 Å². The number of nitrogens with zero attached hydrogens (tertiary/aromatic N) is 2. The molecule has 0 radical (unpaired) electrons. The third kappa shape index (κ3) is 3.40. The highest BCUT2D eigenvalue weighted by Gasteiger charge is 2.60. The minimum atomic E-state index is -1.08. The fraction of sp³-hybridized carbons (Fsp3) is 0.167. The highest BCUT2D eigenvalue weighted by molar-refractivity contribution is 6.42. The zero-order valence-electron chi connectivity index (χ0n) is 17.3. The predicted molar refractivity (Wildman–Crippen MR) is 124 cm³/mol. The maximum absolute atomic E-state index is 13.6. The number of hydrogen-bond acceptors (Lipinski definition) is 6. The van der Waals surface area contributed by atoms with E-state index in [2.05, 4.69) is 0 Å². The molecular formula is C24H18Cl2N2O5. The standard InChI is InChI=1S/C24H18Cl2N2O5/c1-32-18-9-5-8-15(21(18)29)20-19-22(33-28(20)13-6-3-2-4-7-13)24(31)27(23(19)30)14-10-11-16(25)17(26)12-14/h2-12,19-20,22,29H,1H3. The first kappa shape index (κ1) is 21.6. The molecule has 3 unspecified atom stereocenters. The Morgan fingerprint density at radius 3 is 2.36 bits per heavy atom. The number of carbonyl (C=O) groups is 2. The van der Waals surface area contributed by atoms with Gasteiger partial charge >= 0.3 is 0 Å². The number of phenols is 1. The smallest absolute Gasteiger partial charge is 0.266 e. The normalized spacial score (nSPS) is 22.1. The van der Waals surface area contributed by atoms with Crippen molar-refractivity contribution in [3.8, 4) is 11.5 Å². The summed E-state index contributed by atoms with van der Waals surface area (Å²) >= 11 is 12.1. The molecule has 3 aromatic carbocycles. The van der Waals surface area contributed by atoms with E-state index in [-0.39, 0.29) is 16.5 Å². The van der Waals surface area contributed by atoms with Crippen molar-refractivity contribution in [2.45, 2.75) is 12.1 Å². The summed E-state index contributed by atoms with van der Waals surface area (Å²) in [5, 5.41) is 12.9. The number of anilines is 2. The maximum Gasteiger partial charge on any atom is 0.266 e. The summed E-state index contributed by atoms with van der Waals surface area (Å²) in [5.74, 6) is -1.76. The number of benzene rings is 3. The largest absolute Gasteiger partial charge is 0.504 e. The molecular weight excluding hydrogens is 467 g/mol. The van der Waals surface area contributed by atoms with Gasteiger partial charge in [-0.2, -0.15) is 0 Å². The van der Waals surface area contributed by atoms with E-state index in [0.717, 1.165) is 4.90 Å². The summed E-state index contributed by atoms with van der Waals surface area (Å²) in [7, 11) is 1.44. The van der Waals surface area contributed by atoms with Crippen molar-refractivity contribution in [1.82, 2.24) is 0 Å². The van der Waals surface area contributed by atoms with Gasteiger partial charge in [-0.1, -0.05) is 53.5 Å². The Labute approximate surface area is 199 Å². The van der Waals surface area contributed by atoms with E-state index in [1.807, 2.05) is 18.2 Å². The van der Waals surface area contributed by atoms with Crippen molar-refractivity contribution < 1.29 is 24.3 Å². The zero-order chi connectivity index (χ0) is 23.3.